The molecular formula is C12H8F2N2O2S. The summed E-state index contributed by atoms with van der Waals surface area (Å²) in [5, 5.41) is 11.1. The first kappa shape index (κ1) is 12.1. The van der Waals surface area contributed by atoms with Crippen molar-refractivity contribution in [1.29, 1.82) is 0 Å². The lowest BCUT2D eigenvalue weighted by molar-refractivity contribution is 0.269. The van der Waals surface area contributed by atoms with E-state index in [1.54, 1.807) is 16.0 Å². The molecule has 0 radical (unpaired) electrons. The second kappa shape index (κ2) is 4.60. The number of nitrogens with zero attached hydrogens (tertiary/aromatic N) is 2. The van der Waals surface area contributed by atoms with E-state index in [2.05, 4.69) is 4.98 Å². The van der Waals surface area contributed by atoms with Gasteiger partial charge in [-0.25, -0.2) is 8.78 Å². The number of ether oxygens (including phenoxy) is 1. The standard InChI is InChI=1S/C12H8F2N2O2S/c13-7-1-2-8(14)10(5-7)18-11-9(6-17)16-3-4-19-12(16)15-11/h1-5,17H,6H2. The summed E-state index contributed by atoms with van der Waals surface area (Å²) in [7, 11) is 0. The van der Waals surface area contributed by atoms with E-state index in [0.29, 0.717) is 10.7 Å². The number of hydrogen-bond acceptors (Lipinski definition) is 4. The molecule has 0 spiro atoms. The molecule has 0 aliphatic carbocycles. The van der Waals surface area contributed by atoms with Crippen LogP contribution in [0, 0.1) is 11.6 Å². The Bertz CT molecular complexity index is 738. The van der Waals surface area contributed by atoms with Crippen LogP contribution in [-0.2, 0) is 6.61 Å². The Kier molecular flexibility index (Phi) is 2.92. The van der Waals surface area contributed by atoms with Gasteiger partial charge in [-0.2, -0.15) is 4.98 Å². The van der Waals surface area contributed by atoms with Crippen LogP contribution in [0.1, 0.15) is 5.69 Å². The van der Waals surface area contributed by atoms with Gasteiger partial charge in [-0.3, -0.25) is 4.40 Å². The molecule has 0 unspecified atom stereocenters. The summed E-state index contributed by atoms with van der Waals surface area (Å²) in [6, 6.07) is 2.91. The van der Waals surface area contributed by atoms with Gasteiger partial charge in [0.1, 0.15) is 11.5 Å². The molecule has 98 valence electrons. The summed E-state index contributed by atoms with van der Waals surface area (Å²) < 4.78 is 33.4. The van der Waals surface area contributed by atoms with Gasteiger partial charge < -0.3 is 9.84 Å². The van der Waals surface area contributed by atoms with Crippen molar-refractivity contribution >= 4 is 16.3 Å². The van der Waals surface area contributed by atoms with Crippen molar-refractivity contribution in [3.8, 4) is 11.6 Å². The zero-order valence-electron chi connectivity index (χ0n) is 9.51. The molecular weight excluding hydrogens is 274 g/mol. The average Bonchev–Trinajstić information content (AvgIpc) is 2.94. The van der Waals surface area contributed by atoms with Gasteiger partial charge in [0.05, 0.1) is 6.61 Å². The van der Waals surface area contributed by atoms with E-state index in [-0.39, 0.29) is 18.2 Å². The Labute approximate surface area is 110 Å². The minimum Gasteiger partial charge on any atom is -0.434 e. The van der Waals surface area contributed by atoms with Gasteiger partial charge in [-0.1, -0.05) is 0 Å². The van der Waals surface area contributed by atoms with Crippen molar-refractivity contribution in [3.63, 3.8) is 0 Å². The van der Waals surface area contributed by atoms with Gasteiger partial charge in [0.2, 0.25) is 5.88 Å². The van der Waals surface area contributed by atoms with Crippen molar-refractivity contribution in [2.24, 2.45) is 0 Å². The zero-order chi connectivity index (χ0) is 13.4. The van der Waals surface area contributed by atoms with Crippen molar-refractivity contribution in [2.75, 3.05) is 0 Å². The predicted molar refractivity (Wildman–Crippen MR) is 65.4 cm³/mol. The topological polar surface area (TPSA) is 46.8 Å². The fourth-order valence-corrected chi connectivity index (χ4v) is 2.42. The molecule has 2 aromatic heterocycles. The summed E-state index contributed by atoms with van der Waals surface area (Å²) >= 11 is 1.35. The van der Waals surface area contributed by atoms with E-state index >= 15 is 0 Å². The fraction of sp³-hybridized carbons (Fsp3) is 0.0833. The molecule has 0 bridgehead atoms. The molecule has 4 nitrogen and oxygen atoms in total. The summed E-state index contributed by atoms with van der Waals surface area (Å²) in [5.41, 5.74) is 0.389. The van der Waals surface area contributed by atoms with Gasteiger partial charge in [0.25, 0.3) is 0 Å². The minimum atomic E-state index is -0.693. The Morgan fingerprint density at radius 2 is 2.21 bits per heavy atom. The molecule has 19 heavy (non-hydrogen) atoms. The van der Waals surface area contributed by atoms with Crippen LogP contribution in [0.25, 0.3) is 4.96 Å². The lowest BCUT2D eigenvalue weighted by atomic mass is 10.3. The molecule has 0 fully saturated rings. The van der Waals surface area contributed by atoms with Crippen LogP contribution in [0.3, 0.4) is 0 Å². The van der Waals surface area contributed by atoms with Crippen LogP contribution in [-0.4, -0.2) is 14.5 Å². The molecule has 0 amide bonds. The van der Waals surface area contributed by atoms with Crippen LogP contribution >= 0.6 is 11.3 Å². The molecule has 7 heteroatoms. The summed E-state index contributed by atoms with van der Waals surface area (Å²) in [6.07, 6.45) is 1.72. The molecule has 0 atom stereocenters. The highest BCUT2D eigenvalue weighted by Crippen LogP contribution is 2.29. The highest BCUT2D eigenvalue weighted by Gasteiger charge is 2.16. The number of thiazole rings is 1. The van der Waals surface area contributed by atoms with Crippen LogP contribution < -0.4 is 4.74 Å². The molecule has 0 saturated carbocycles. The molecule has 3 aromatic rings. The number of aromatic nitrogens is 2. The van der Waals surface area contributed by atoms with Gasteiger partial charge in [0.15, 0.2) is 16.5 Å². The lowest BCUT2D eigenvalue weighted by Gasteiger charge is -2.05. The highest BCUT2D eigenvalue weighted by atomic mass is 32.1. The Hall–Kier alpha value is -1.99. The third-order valence-electron chi connectivity index (χ3n) is 2.57. The number of benzene rings is 1. The van der Waals surface area contributed by atoms with Crippen LogP contribution in [0.15, 0.2) is 29.8 Å². The normalized spacial score (nSPS) is 11.1. The quantitative estimate of drug-likeness (QED) is 0.803. The predicted octanol–water partition coefficient (Wildman–Crippen LogP) is 2.96. The van der Waals surface area contributed by atoms with Crippen molar-refractivity contribution in [3.05, 3.63) is 47.1 Å². The minimum absolute atomic E-state index is 0.0684. The van der Waals surface area contributed by atoms with Crippen molar-refractivity contribution in [1.82, 2.24) is 9.38 Å². The van der Waals surface area contributed by atoms with Gasteiger partial charge >= 0.3 is 0 Å². The highest BCUT2D eigenvalue weighted by molar-refractivity contribution is 7.15. The number of halogens is 2. The third kappa shape index (κ3) is 2.06. The van der Waals surface area contributed by atoms with Crippen LogP contribution in [0.4, 0.5) is 8.78 Å². The smallest absolute Gasteiger partial charge is 0.244 e. The van der Waals surface area contributed by atoms with E-state index < -0.39 is 11.6 Å². The molecule has 0 saturated heterocycles. The average molecular weight is 282 g/mol. The van der Waals surface area contributed by atoms with E-state index in [1.807, 2.05) is 0 Å². The van der Waals surface area contributed by atoms with E-state index in [4.69, 9.17) is 4.74 Å². The van der Waals surface area contributed by atoms with E-state index in [1.165, 1.54) is 11.3 Å². The Balaban J connectivity index is 2.05. The van der Waals surface area contributed by atoms with E-state index in [0.717, 1.165) is 18.2 Å². The number of imidazole rings is 1. The first-order valence-electron chi connectivity index (χ1n) is 5.37. The number of hydrogen-bond donors (Lipinski definition) is 1. The first-order chi connectivity index (χ1) is 9.19. The van der Waals surface area contributed by atoms with Gasteiger partial charge in [-0.05, 0) is 12.1 Å². The molecule has 1 N–H and O–H groups in total. The molecule has 1 aromatic carbocycles. The van der Waals surface area contributed by atoms with Crippen molar-refractivity contribution in [2.45, 2.75) is 6.61 Å². The number of aliphatic hydroxyl groups excluding tert-OH is 1. The summed E-state index contributed by atoms with van der Waals surface area (Å²) in [5.74, 6) is -1.50. The second-order valence-electron chi connectivity index (χ2n) is 3.75. The fourth-order valence-electron chi connectivity index (χ4n) is 1.70. The Morgan fingerprint density at radius 1 is 1.37 bits per heavy atom. The first-order valence-corrected chi connectivity index (χ1v) is 6.25. The third-order valence-corrected chi connectivity index (χ3v) is 3.33. The monoisotopic (exact) mass is 282 g/mol. The number of aliphatic hydroxyl groups is 1. The zero-order valence-corrected chi connectivity index (χ0v) is 10.3. The maximum atomic E-state index is 13.5. The van der Waals surface area contributed by atoms with Crippen LogP contribution in [0.5, 0.6) is 11.6 Å². The van der Waals surface area contributed by atoms with Gasteiger partial charge in [-0.15, -0.1) is 11.3 Å². The summed E-state index contributed by atoms with van der Waals surface area (Å²) in [4.78, 5) is 4.73. The molecule has 2 heterocycles. The SMILES string of the molecule is OCc1c(Oc2cc(F)ccc2F)nc2sccn12. The maximum Gasteiger partial charge on any atom is 0.244 e. The molecule has 0 aliphatic heterocycles. The summed E-state index contributed by atoms with van der Waals surface area (Å²) in [6.45, 7) is -0.315. The largest absolute Gasteiger partial charge is 0.434 e. The molecule has 0 aliphatic rings. The number of fused-ring (bicyclic) bond motifs is 1. The van der Waals surface area contributed by atoms with Crippen molar-refractivity contribution < 1.29 is 18.6 Å². The molecule has 3 rings (SSSR count). The lowest BCUT2D eigenvalue weighted by Crippen LogP contribution is -1.95. The maximum absolute atomic E-state index is 13.5. The second-order valence-corrected chi connectivity index (χ2v) is 4.63. The Morgan fingerprint density at radius 3 is 3.00 bits per heavy atom. The van der Waals surface area contributed by atoms with Crippen LogP contribution in [0.2, 0.25) is 0 Å². The van der Waals surface area contributed by atoms with Gasteiger partial charge in [0, 0.05) is 17.6 Å². The van der Waals surface area contributed by atoms with E-state index in [9.17, 15) is 13.9 Å². The number of rotatable bonds is 3.